The molecule has 0 saturated heterocycles. The predicted molar refractivity (Wildman–Crippen MR) is 118 cm³/mol. The lowest BCUT2D eigenvalue weighted by molar-refractivity contribution is -0.137. The highest BCUT2D eigenvalue weighted by molar-refractivity contribution is 5.88. The maximum absolute atomic E-state index is 12.6. The molecule has 0 fully saturated rings. The first-order chi connectivity index (χ1) is 15.7. The molecule has 196 valence electrons. The fourth-order valence-corrected chi connectivity index (χ4v) is 2.60. The van der Waals surface area contributed by atoms with Crippen LogP contribution in [0.2, 0.25) is 0 Å². The monoisotopic (exact) mass is 497 g/mol. The summed E-state index contributed by atoms with van der Waals surface area (Å²) in [7, 11) is 8.94. The SMILES string of the molecule is COC(OC)C(C)N(C)C(=O)Nc1cc(C(F)(F)F)ccn1.COC(OC)C(C)N(C)C(N)=O. The van der Waals surface area contributed by atoms with Crippen molar-refractivity contribution >= 4 is 17.9 Å². The van der Waals surface area contributed by atoms with Gasteiger partial charge in [-0.15, -0.1) is 0 Å². The number of urea groups is 2. The average molecular weight is 498 g/mol. The molecule has 0 saturated carbocycles. The van der Waals surface area contributed by atoms with Crippen molar-refractivity contribution in [2.75, 3.05) is 47.9 Å². The zero-order chi connectivity index (χ0) is 26.6. The van der Waals surface area contributed by atoms with E-state index in [0.29, 0.717) is 0 Å². The number of nitrogens with two attached hydrogens (primary N) is 1. The summed E-state index contributed by atoms with van der Waals surface area (Å²) in [6.07, 6.45) is -4.62. The lowest BCUT2D eigenvalue weighted by Crippen LogP contribution is -2.46. The fourth-order valence-electron chi connectivity index (χ4n) is 2.60. The molecule has 1 rings (SSSR count). The summed E-state index contributed by atoms with van der Waals surface area (Å²) in [5.41, 5.74) is 4.17. The molecular weight excluding hydrogens is 463 g/mol. The minimum absolute atomic E-state index is 0.190. The van der Waals surface area contributed by atoms with Crippen molar-refractivity contribution in [3.05, 3.63) is 23.9 Å². The maximum Gasteiger partial charge on any atom is 0.416 e. The van der Waals surface area contributed by atoms with Gasteiger partial charge in [-0.3, -0.25) is 5.32 Å². The van der Waals surface area contributed by atoms with Gasteiger partial charge in [0.15, 0.2) is 12.6 Å². The molecule has 11 nitrogen and oxygen atoms in total. The number of ether oxygens (including phenoxy) is 4. The molecule has 1 heterocycles. The van der Waals surface area contributed by atoms with Gasteiger partial charge in [0.25, 0.3) is 0 Å². The highest BCUT2D eigenvalue weighted by Gasteiger charge is 2.31. The Labute approximate surface area is 197 Å². The lowest BCUT2D eigenvalue weighted by Gasteiger charge is -2.29. The molecule has 14 heteroatoms. The number of nitrogens with zero attached hydrogens (tertiary/aromatic N) is 3. The van der Waals surface area contributed by atoms with Gasteiger partial charge in [-0.25, -0.2) is 14.6 Å². The van der Waals surface area contributed by atoms with Gasteiger partial charge >= 0.3 is 18.2 Å². The number of rotatable bonds is 9. The number of carbonyl (C=O) groups excluding carboxylic acids is 2. The Hall–Kier alpha value is -2.68. The third-order valence-electron chi connectivity index (χ3n) is 4.93. The van der Waals surface area contributed by atoms with Crippen LogP contribution in [0.4, 0.5) is 28.6 Å². The molecule has 0 aromatic carbocycles. The Morgan fingerprint density at radius 1 is 0.971 bits per heavy atom. The van der Waals surface area contributed by atoms with Crippen molar-refractivity contribution in [3.63, 3.8) is 0 Å². The van der Waals surface area contributed by atoms with Crippen LogP contribution < -0.4 is 11.1 Å². The van der Waals surface area contributed by atoms with Crippen molar-refractivity contribution in [3.8, 4) is 0 Å². The topological polar surface area (TPSA) is 128 Å². The van der Waals surface area contributed by atoms with Gasteiger partial charge in [0.2, 0.25) is 0 Å². The number of hydrogen-bond acceptors (Lipinski definition) is 7. The second-order valence-electron chi connectivity index (χ2n) is 7.08. The number of carbonyl (C=O) groups is 2. The first-order valence-electron chi connectivity index (χ1n) is 9.95. The van der Waals surface area contributed by atoms with E-state index < -0.39 is 42.4 Å². The molecule has 4 amide bonds. The van der Waals surface area contributed by atoms with Crippen molar-refractivity contribution in [1.29, 1.82) is 0 Å². The number of hydrogen-bond donors (Lipinski definition) is 2. The molecule has 1 aromatic rings. The molecule has 0 bridgehead atoms. The second kappa shape index (κ2) is 14.6. The van der Waals surface area contributed by atoms with Gasteiger partial charge in [0.1, 0.15) is 5.82 Å². The van der Waals surface area contributed by atoms with Gasteiger partial charge in [-0.1, -0.05) is 0 Å². The molecule has 1 aromatic heterocycles. The van der Waals surface area contributed by atoms with E-state index in [2.05, 4.69) is 10.3 Å². The number of primary amides is 1. The van der Waals surface area contributed by atoms with E-state index in [4.69, 9.17) is 24.7 Å². The number of halogens is 3. The second-order valence-corrected chi connectivity index (χ2v) is 7.08. The highest BCUT2D eigenvalue weighted by Crippen LogP contribution is 2.29. The summed E-state index contributed by atoms with van der Waals surface area (Å²) < 4.78 is 57.8. The Kier molecular flexibility index (Phi) is 13.4. The number of anilines is 1. The molecule has 34 heavy (non-hydrogen) atoms. The summed E-state index contributed by atoms with van der Waals surface area (Å²) >= 11 is 0. The molecular formula is C20H34F3N5O6. The van der Waals surface area contributed by atoms with E-state index in [0.717, 1.165) is 18.3 Å². The first kappa shape index (κ1) is 31.3. The van der Waals surface area contributed by atoms with Gasteiger partial charge in [-0.05, 0) is 26.0 Å². The zero-order valence-electron chi connectivity index (χ0n) is 20.5. The summed E-state index contributed by atoms with van der Waals surface area (Å²) in [5, 5.41) is 2.30. The molecule has 0 radical (unpaired) electrons. The minimum atomic E-state index is -4.50. The van der Waals surface area contributed by atoms with E-state index in [1.807, 2.05) is 0 Å². The summed E-state index contributed by atoms with van der Waals surface area (Å²) in [4.78, 5) is 29.1. The fraction of sp³-hybridized carbons (Fsp3) is 0.650. The lowest BCUT2D eigenvalue weighted by atomic mass is 10.2. The summed E-state index contributed by atoms with van der Waals surface area (Å²) in [5.74, 6) is -0.190. The number of alkyl halides is 3. The van der Waals surface area contributed by atoms with Crippen LogP contribution in [-0.2, 0) is 25.1 Å². The van der Waals surface area contributed by atoms with Crippen molar-refractivity contribution < 1.29 is 41.7 Å². The molecule has 0 aliphatic rings. The Morgan fingerprint density at radius 3 is 1.79 bits per heavy atom. The molecule has 0 spiro atoms. The van der Waals surface area contributed by atoms with Crippen LogP contribution in [0.5, 0.6) is 0 Å². The molecule has 2 atom stereocenters. The molecule has 3 N–H and O–H groups in total. The maximum atomic E-state index is 12.6. The number of likely N-dealkylation sites (N-methyl/N-ethyl adjacent to an activating group) is 2. The van der Waals surface area contributed by atoms with E-state index in [1.54, 1.807) is 20.9 Å². The average Bonchev–Trinajstić information content (AvgIpc) is 2.79. The van der Waals surface area contributed by atoms with E-state index >= 15 is 0 Å². The normalized spacial score (nSPS) is 13.1. The van der Waals surface area contributed by atoms with E-state index in [-0.39, 0.29) is 11.9 Å². The van der Waals surface area contributed by atoms with Gasteiger partial charge in [0, 0.05) is 48.7 Å². The summed E-state index contributed by atoms with van der Waals surface area (Å²) in [6, 6.07) is -0.188. The number of methoxy groups -OCH3 is 4. The van der Waals surface area contributed by atoms with Crippen molar-refractivity contribution in [2.24, 2.45) is 5.73 Å². The third kappa shape index (κ3) is 9.67. The largest absolute Gasteiger partial charge is 0.416 e. The molecule has 0 aliphatic heterocycles. The third-order valence-corrected chi connectivity index (χ3v) is 4.93. The van der Waals surface area contributed by atoms with Gasteiger partial charge < -0.3 is 34.5 Å². The smallest absolute Gasteiger partial charge is 0.354 e. The quantitative estimate of drug-likeness (QED) is 0.502. The highest BCUT2D eigenvalue weighted by atomic mass is 19.4. The van der Waals surface area contributed by atoms with Crippen molar-refractivity contribution in [2.45, 2.75) is 44.7 Å². The molecule has 0 aliphatic carbocycles. The van der Waals surface area contributed by atoms with Crippen LogP contribution in [0.25, 0.3) is 0 Å². The van der Waals surface area contributed by atoms with Crippen LogP contribution in [-0.4, -0.2) is 94.0 Å². The first-order valence-corrected chi connectivity index (χ1v) is 9.95. The minimum Gasteiger partial charge on any atom is -0.354 e. The Balaban J connectivity index is 0.000000770. The van der Waals surface area contributed by atoms with Crippen LogP contribution >= 0.6 is 0 Å². The molecule has 2 unspecified atom stereocenters. The van der Waals surface area contributed by atoms with Gasteiger partial charge in [0.05, 0.1) is 17.6 Å². The number of nitrogens with one attached hydrogen (secondary N) is 1. The Morgan fingerprint density at radius 2 is 1.41 bits per heavy atom. The predicted octanol–water partition coefficient (Wildman–Crippen LogP) is 2.58. The van der Waals surface area contributed by atoms with Crippen LogP contribution in [0.15, 0.2) is 18.3 Å². The number of amides is 4. The number of aromatic nitrogens is 1. The zero-order valence-corrected chi connectivity index (χ0v) is 20.5. The standard InChI is InChI=1S/C13H18F3N3O3.C7H16N2O3/c1-8(11(21-3)22-4)19(2)12(20)18-10-7-9(5-6-17-10)13(14,15)16;1-5(6(11-3)12-4)9(2)7(8)10/h5-8,11H,1-4H3,(H,17,18,20);5-6H,1-4H3,(H2,8,10). The summed E-state index contributed by atoms with van der Waals surface area (Å²) in [6.45, 7) is 3.47. The van der Waals surface area contributed by atoms with Crippen LogP contribution in [0.1, 0.15) is 19.4 Å². The van der Waals surface area contributed by atoms with Crippen molar-refractivity contribution in [1.82, 2.24) is 14.8 Å². The van der Waals surface area contributed by atoms with E-state index in [9.17, 15) is 22.8 Å². The Bertz CT molecular complexity index is 762. The van der Waals surface area contributed by atoms with Gasteiger partial charge in [-0.2, -0.15) is 13.2 Å². The number of pyridine rings is 1. The van der Waals surface area contributed by atoms with Crippen LogP contribution in [0, 0.1) is 0 Å². The van der Waals surface area contributed by atoms with Crippen LogP contribution in [0.3, 0.4) is 0 Å². The van der Waals surface area contributed by atoms with E-state index in [1.165, 1.54) is 45.3 Å².